The van der Waals surface area contributed by atoms with E-state index in [1.807, 2.05) is 4.90 Å². The van der Waals surface area contributed by atoms with Gasteiger partial charge in [0.2, 0.25) is 0 Å². The Morgan fingerprint density at radius 1 is 1.03 bits per heavy atom. The number of nitrogens with one attached hydrogen (secondary N) is 1. The lowest BCUT2D eigenvalue weighted by Gasteiger charge is -2.36. The van der Waals surface area contributed by atoms with Crippen molar-refractivity contribution in [2.24, 2.45) is 0 Å². The summed E-state index contributed by atoms with van der Waals surface area (Å²) in [7, 11) is 0. The third-order valence-corrected chi connectivity index (χ3v) is 5.03. The van der Waals surface area contributed by atoms with Crippen LogP contribution >= 0.6 is 40.7 Å². The lowest BCUT2D eigenvalue weighted by molar-refractivity contribution is -0.274. The zero-order valence-corrected chi connectivity index (χ0v) is 18.1. The number of phenols is 1. The number of benzene rings is 2. The van der Waals surface area contributed by atoms with Crippen molar-refractivity contribution in [2.45, 2.75) is 12.4 Å². The number of halogens is 7. The standard InChI is InChI=1S/C18H17BrF4N2O2.2ClH/c19-13-5-6-14(20)17(26)15(13)16(25-9-7-24-8-10-25)11-1-3-12(4-2-11)27-18(21,22)23;;/h1-6,16,24,26H,7-10H2;2*1H/t16-;;/m0../s1. The Bertz CT molecular complexity index is 804. The zero-order chi connectivity index (χ0) is 19.6. The Balaban J connectivity index is 0.00000210. The van der Waals surface area contributed by atoms with Crippen LogP contribution in [0.2, 0.25) is 0 Å². The number of piperazine rings is 1. The SMILES string of the molecule is Cl.Cl.Oc1c(F)ccc(Br)c1[C@H](c1ccc(OC(F)(F)F)cc1)N1CCNCC1. The average Bonchev–Trinajstić information content (AvgIpc) is 2.62. The predicted octanol–water partition coefficient (Wildman–Crippen LogP) is 5.03. The molecule has 0 unspecified atom stereocenters. The van der Waals surface area contributed by atoms with E-state index < -0.39 is 24.0 Å². The van der Waals surface area contributed by atoms with Crippen LogP contribution in [-0.2, 0) is 0 Å². The molecule has 162 valence electrons. The molecule has 0 spiro atoms. The van der Waals surface area contributed by atoms with Crippen LogP contribution in [0.25, 0.3) is 0 Å². The van der Waals surface area contributed by atoms with E-state index in [0.29, 0.717) is 41.8 Å². The van der Waals surface area contributed by atoms with Gasteiger partial charge in [0, 0.05) is 36.2 Å². The molecule has 11 heteroatoms. The molecule has 1 fully saturated rings. The number of phenolic OH excluding ortho intramolecular Hbond substituents is 1. The lowest BCUT2D eigenvalue weighted by Crippen LogP contribution is -2.45. The van der Waals surface area contributed by atoms with Gasteiger partial charge in [0.15, 0.2) is 11.6 Å². The van der Waals surface area contributed by atoms with Gasteiger partial charge in [-0.1, -0.05) is 28.1 Å². The van der Waals surface area contributed by atoms with Crippen LogP contribution in [0.5, 0.6) is 11.5 Å². The number of rotatable bonds is 4. The van der Waals surface area contributed by atoms with Gasteiger partial charge >= 0.3 is 6.36 Å². The maximum absolute atomic E-state index is 14.0. The van der Waals surface area contributed by atoms with Crippen molar-refractivity contribution in [3.8, 4) is 11.5 Å². The van der Waals surface area contributed by atoms with Crippen LogP contribution in [-0.4, -0.2) is 42.5 Å². The summed E-state index contributed by atoms with van der Waals surface area (Å²) >= 11 is 3.36. The molecular weight excluding hydrogens is 503 g/mol. The van der Waals surface area contributed by atoms with Crippen LogP contribution in [0, 0.1) is 5.82 Å². The Morgan fingerprint density at radius 2 is 1.62 bits per heavy atom. The van der Waals surface area contributed by atoms with E-state index in [4.69, 9.17) is 0 Å². The van der Waals surface area contributed by atoms with Crippen molar-refractivity contribution < 1.29 is 27.4 Å². The van der Waals surface area contributed by atoms with E-state index in [1.54, 1.807) is 0 Å². The van der Waals surface area contributed by atoms with Gasteiger partial charge in [0.05, 0.1) is 6.04 Å². The summed E-state index contributed by atoms with van der Waals surface area (Å²) in [5, 5.41) is 13.5. The van der Waals surface area contributed by atoms with Gasteiger partial charge in [-0.25, -0.2) is 4.39 Å². The number of alkyl halides is 3. The fourth-order valence-corrected chi connectivity index (χ4v) is 3.71. The first-order valence-electron chi connectivity index (χ1n) is 8.23. The van der Waals surface area contributed by atoms with Crippen molar-refractivity contribution >= 4 is 40.7 Å². The zero-order valence-electron chi connectivity index (χ0n) is 14.9. The molecule has 2 N–H and O–H groups in total. The number of ether oxygens (including phenoxy) is 1. The molecule has 0 bridgehead atoms. The van der Waals surface area contributed by atoms with Crippen molar-refractivity contribution in [3.05, 3.63) is 57.8 Å². The summed E-state index contributed by atoms with van der Waals surface area (Å²) < 4.78 is 55.6. The minimum atomic E-state index is -4.77. The highest BCUT2D eigenvalue weighted by Crippen LogP contribution is 2.41. The normalized spacial score (nSPS) is 15.8. The van der Waals surface area contributed by atoms with Crippen molar-refractivity contribution in [3.63, 3.8) is 0 Å². The molecule has 1 saturated heterocycles. The van der Waals surface area contributed by atoms with Gasteiger partial charge in [-0.2, -0.15) is 0 Å². The lowest BCUT2D eigenvalue weighted by atomic mass is 9.95. The first-order valence-corrected chi connectivity index (χ1v) is 9.03. The quantitative estimate of drug-likeness (QED) is 0.554. The van der Waals surface area contributed by atoms with Gasteiger partial charge < -0.3 is 15.2 Å². The molecule has 3 rings (SSSR count). The molecule has 0 radical (unpaired) electrons. The fraction of sp³-hybridized carbons (Fsp3) is 0.333. The molecule has 4 nitrogen and oxygen atoms in total. The smallest absolute Gasteiger partial charge is 0.505 e. The summed E-state index contributed by atoms with van der Waals surface area (Å²) in [4.78, 5) is 2.04. The molecule has 29 heavy (non-hydrogen) atoms. The third kappa shape index (κ3) is 6.36. The first kappa shape index (κ1) is 25.8. The minimum Gasteiger partial charge on any atom is -0.505 e. The second-order valence-electron chi connectivity index (χ2n) is 6.10. The highest BCUT2D eigenvalue weighted by Gasteiger charge is 2.32. The van der Waals surface area contributed by atoms with Gasteiger partial charge in [-0.3, -0.25) is 4.90 Å². The first-order chi connectivity index (χ1) is 12.8. The predicted molar refractivity (Wildman–Crippen MR) is 110 cm³/mol. The van der Waals surface area contributed by atoms with Crippen LogP contribution in [0.1, 0.15) is 17.2 Å². The van der Waals surface area contributed by atoms with E-state index in [0.717, 1.165) is 6.07 Å². The van der Waals surface area contributed by atoms with Crippen LogP contribution in [0.15, 0.2) is 40.9 Å². The Hall–Kier alpha value is -1.26. The minimum absolute atomic E-state index is 0. The molecule has 2 aromatic carbocycles. The molecule has 2 aromatic rings. The summed E-state index contributed by atoms with van der Waals surface area (Å²) in [5.41, 5.74) is 0.953. The molecule has 0 saturated carbocycles. The van der Waals surface area contributed by atoms with Gasteiger partial charge in [0.25, 0.3) is 0 Å². The molecule has 1 heterocycles. The summed E-state index contributed by atoms with van der Waals surface area (Å²) in [6, 6.07) is 7.52. The number of hydrogen-bond donors (Lipinski definition) is 2. The topological polar surface area (TPSA) is 44.7 Å². The second-order valence-corrected chi connectivity index (χ2v) is 6.95. The van der Waals surface area contributed by atoms with E-state index >= 15 is 0 Å². The highest BCUT2D eigenvalue weighted by molar-refractivity contribution is 9.10. The Kier molecular flexibility index (Phi) is 9.49. The molecular formula is C18H19BrCl2F4N2O2. The maximum Gasteiger partial charge on any atom is 0.573 e. The Labute approximate surface area is 186 Å². The van der Waals surface area contributed by atoms with Crippen LogP contribution in [0.4, 0.5) is 17.6 Å². The number of aromatic hydroxyl groups is 1. The van der Waals surface area contributed by atoms with Crippen LogP contribution in [0.3, 0.4) is 0 Å². The van der Waals surface area contributed by atoms with Gasteiger partial charge in [0.1, 0.15) is 5.75 Å². The van der Waals surface area contributed by atoms with Crippen molar-refractivity contribution in [2.75, 3.05) is 26.2 Å². The van der Waals surface area contributed by atoms with Gasteiger partial charge in [-0.15, -0.1) is 38.0 Å². The number of hydrogen-bond acceptors (Lipinski definition) is 4. The van der Waals surface area contributed by atoms with Crippen molar-refractivity contribution in [1.29, 1.82) is 0 Å². The summed E-state index contributed by atoms with van der Waals surface area (Å²) in [5.74, 6) is -1.58. The van der Waals surface area contributed by atoms with E-state index in [2.05, 4.69) is 26.0 Å². The summed E-state index contributed by atoms with van der Waals surface area (Å²) in [6.07, 6.45) is -4.77. The monoisotopic (exact) mass is 520 g/mol. The fourth-order valence-electron chi connectivity index (χ4n) is 3.17. The van der Waals surface area contributed by atoms with Gasteiger partial charge in [-0.05, 0) is 29.8 Å². The second kappa shape index (κ2) is 10.7. The molecule has 0 aliphatic carbocycles. The molecule has 0 amide bonds. The van der Waals surface area contributed by atoms with E-state index in [1.165, 1.54) is 30.3 Å². The maximum atomic E-state index is 14.0. The van der Waals surface area contributed by atoms with Crippen molar-refractivity contribution in [1.82, 2.24) is 10.2 Å². The molecule has 0 aromatic heterocycles. The van der Waals surface area contributed by atoms with Crippen LogP contribution < -0.4 is 10.1 Å². The third-order valence-electron chi connectivity index (χ3n) is 4.33. The highest BCUT2D eigenvalue weighted by atomic mass is 79.9. The molecule has 1 aliphatic rings. The number of nitrogens with zero attached hydrogens (tertiary/aromatic N) is 1. The largest absolute Gasteiger partial charge is 0.573 e. The average molecular weight is 522 g/mol. The molecule has 1 atom stereocenters. The summed E-state index contributed by atoms with van der Waals surface area (Å²) in [6.45, 7) is 2.68. The van der Waals surface area contributed by atoms with E-state index in [-0.39, 0.29) is 30.6 Å². The van der Waals surface area contributed by atoms with E-state index in [9.17, 15) is 22.7 Å². The molecule has 1 aliphatic heterocycles. The Morgan fingerprint density at radius 3 is 2.17 bits per heavy atom.